The van der Waals surface area contributed by atoms with E-state index < -0.39 is 0 Å². The predicted octanol–water partition coefficient (Wildman–Crippen LogP) is 9.55. The van der Waals surface area contributed by atoms with Gasteiger partial charge in [0.25, 0.3) is 0 Å². The monoisotopic (exact) mass is 539 g/mol. The highest BCUT2D eigenvalue weighted by Crippen LogP contribution is 2.23. The van der Waals surface area contributed by atoms with Crippen LogP contribution in [0.15, 0.2) is 109 Å². The Morgan fingerprint density at radius 1 is 0.385 bits per heavy atom. The van der Waals surface area contributed by atoms with Gasteiger partial charge in [-0.05, 0) is 84.4 Å². The second-order valence-corrected chi connectivity index (χ2v) is 7.98. The van der Waals surface area contributed by atoms with Crippen LogP contribution in [0.3, 0.4) is 0 Å². The Morgan fingerprint density at radius 3 is 1.00 bits per heavy atom. The van der Waals surface area contributed by atoms with E-state index in [1.165, 1.54) is 0 Å². The third-order valence-corrected chi connectivity index (χ3v) is 5.18. The van der Waals surface area contributed by atoms with E-state index in [4.69, 9.17) is 11.6 Å². The molecule has 0 aliphatic heterocycles. The van der Waals surface area contributed by atoms with Crippen molar-refractivity contribution in [2.75, 3.05) is 21.3 Å². The van der Waals surface area contributed by atoms with Crippen LogP contribution < -0.4 is 21.3 Å². The number of aromatic nitrogens is 3. The summed E-state index contributed by atoms with van der Waals surface area (Å²) in [6, 6.07) is 35.6. The number of para-hydroxylation sites is 2. The molecule has 0 aliphatic carbocycles. The number of nitrogens with zero attached hydrogens (tertiary/aromatic N) is 3. The Kier molecular flexibility index (Phi) is 11.6. The Labute approximate surface area is 235 Å². The molecule has 5 aromatic rings. The number of benzene rings is 4. The van der Waals surface area contributed by atoms with Crippen molar-refractivity contribution in [3.8, 4) is 0 Å². The zero-order valence-electron chi connectivity index (χ0n) is 22.6. The Hall–Kier alpha value is -4.62. The molecule has 0 aliphatic rings. The first-order valence-electron chi connectivity index (χ1n) is 13.0. The van der Waals surface area contributed by atoms with Gasteiger partial charge in [-0.15, -0.1) is 0 Å². The predicted molar refractivity (Wildman–Crippen MR) is 166 cm³/mol. The quantitative estimate of drug-likeness (QED) is 0.156. The second-order valence-electron chi connectivity index (χ2n) is 7.64. The van der Waals surface area contributed by atoms with Gasteiger partial charge in [0.05, 0.1) is 0 Å². The van der Waals surface area contributed by atoms with Crippen molar-refractivity contribution in [3.05, 3.63) is 114 Å². The SMILES string of the molecule is CC.CC.Clc1nc(Nc2ccc(Nc3ccccc3)cc2)nc(Nc2ccc(Nc3ccccc3)cc2)n1. The van der Waals surface area contributed by atoms with Crippen molar-refractivity contribution in [1.29, 1.82) is 0 Å². The highest BCUT2D eigenvalue weighted by atomic mass is 35.5. The molecule has 0 radical (unpaired) electrons. The molecule has 4 N–H and O–H groups in total. The second kappa shape index (κ2) is 15.6. The maximum atomic E-state index is 6.15. The molecule has 0 spiro atoms. The molecule has 1 heterocycles. The molecule has 0 saturated carbocycles. The van der Waals surface area contributed by atoms with Gasteiger partial charge in [-0.2, -0.15) is 15.0 Å². The van der Waals surface area contributed by atoms with E-state index in [1.54, 1.807) is 0 Å². The largest absolute Gasteiger partial charge is 0.356 e. The summed E-state index contributed by atoms with van der Waals surface area (Å²) < 4.78 is 0. The Balaban J connectivity index is 0.00000100. The highest BCUT2D eigenvalue weighted by molar-refractivity contribution is 6.28. The number of nitrogens with one attached hydrogen (secondary N) is 4. The molecule has 0 atom stereocenters. The van der Waals surface area contributed by atoms with Crippen LogP contribution >= 0.6 is 11.6 Å². The molecule has 0 unspecified atom stereocenters. The number of halogens is 1. The van der Waals surface area contributed by atoms with E-state index in [9.17, 15) is 0 Å². The molecule has 39 heavy (non-hydrogen) atoms. The fourth-order valence-electron chi connectivity index (χ4n) is 3.37. The molecule has 1 aromatic heterocycles. The lowest BCUT2D eigenvalue weighted by Gasteiger charge is -2.11. The minimum atomic E-state index is 0.0923. The summed E-state index contributed by atoms with van der Waals surface area (Å²) >= 11 is 6.15. The van der Waals surface area contributed by atoms with Crippen LogP contribution in [0.4, 0.5) is 46.0 Å². The van der Waals surface area contributed by atoms with Crippen molar-refractivity contribution >= 4 is 57.6 Å². The van der Waals surface area contributed by atoms with E-state index in [0.717, 1.165) is 34.1 Å². The molecule has 5 rings (SSSR count). The summed E-state index contributed by atoms with van der Waals surface area (Å²) in [5.41, 5.74) is 5.65. The molecule has 0 fully saturated rings. The van der Waals surface area contributed by atoms with Crippen molar-refractivity contribution in [1.82, 2.24) is 15.0 Å². The molecule has 200 valence electrons. The van der Waals surface area contributed by atoms with Gasteiger partial charge in [-0.3, -0.25) is 0 Å². The van der Waals surface area contributed by atoms with Gasteiger partial charge in [-0.1, -0.05) is 64.1 Å². The summed E-state index contributed by atoms with van der Waals surface area (Å²) in [4.78, 5) is 12.8. The molecule has 0 amide bonds. The highest BCUT2D eigenvalue weighted by Gasteiger charge is 2.07. The lowest BCUT2D eigenvalue weighted by molar-refractivity contribution is 1.06. The molecule has 8 heteroatoms. The summed E-state index contributed by atoms with van der Waals surface area (Å²) in [6.45, 7) is 8.00. The lowest BCUT2D eigenvalue weighted by Crippen LogP contribution is -2.04. The standard InChI is InChI=1S/C27H22ClN7.2C2H6/c28-25-33-26(31-23-15-11-21(12-16-23)29-19-7-3-1-4-8-19)35-27(34-25)32-24-17-13-22(14-18-24)30-20-9-5-2-6-10-20;2*1-2/h1-18,29-30H,(H2,31,32,33,34,35);2*1-2H3. The minimum Gasteiger partial charge on any atom is -0.356 e. The van der Waals surface area contributed by atoms with Crippen LogP contribution in [0.1, 0.15) is 27.7 Å². The lowest BCUT2D eigenvalue weighted by atomic mass is 10.2. The van der Waals surface area contributed by atoms with Gasteiger partial charge in [0, 0.05) is 34.1 Å². The average Bonchev–Trinajstić information content (AvgIpc) is 2.98. The summed E-state index contributed by atoms with van der Waals surface area (Å²) in [5.74, 6) is 0.692. The molecule has 0 saturated heterocycles. The van der Waals surface area contributed by atoms with E-state index >= 15 is 0 Å². The third kappa shape index (κ3) is 9.32. The average molecular weight is 540 g/mol. The van der Waals surface area contributed by atoms with Crippen molar-refractivity contribution in [3.63, 3.8) is 0 Å². The summed E-state index contributed by atoms with van der Waals surface area (Å²) in [6.07, 6.45) is 0. The van der Waals surface area contributed by atoms with Gasteiger partial charge in [0.15, 0.2) is 0 Å². The smallest absolute Gasteiger partial charge is 0.233 e. The van der Waals surface area contributed by atoms with Crippen molar-refractivity contribution < 1.29 is 0 Å². The molecule has 4 aromatic carbocycles. The van der Waals surface area contributed by atoms with Gasteiger partial charge in [0.1, 0.15) is 0 Å². The molecule has 7 nitrogen and oxygen atoms in total. The maximum absolute atomic E-state index is 6.15. The van der Waals surface area contributed by atoms with Crippen LogP contribution in [0.25, 0.3) is 0 Å². The van der Waals surface area contributed by atoms with Crippen molar-refractivity contribution in [2.24, 2.45) is 0 Å². The number of rotatable bonds is 8. The Morgan fingerprint density at radius 2 is 0.667 bits per heavy atom. The van der Waals surface area contributed by atoms with E-state index in [0.29, 0.717) is 11.9 Å². The topological polar surface area (TPSA) is 86.8 Å². The van der Waals surface area contributed by atoms with E-state index in [2.05, 4.69) is 36.2 Å². The van der Waals surface area contributed by atoms with Crippen LogP contribution in [0.2, 0.25) is 5.28 Å². The van der Waals surface area contributed by atoms with Crippen LogP contribution in [0.5, 0.6) is 0 Å². The van der Waals surface area contributed by atoms with E-state index in [1.807, 2.05) is 137 Å². The first kappa shape index (κ1) is 28.9. The first-order chi connectivity index (χ1) is 19.2. The molecule has 0 bridgehead atoms. The normalized spacial score (nSPS) is 9.67. The number of hydrogen-bond donors (Lipinski definition) is 4. The molecular formula is C31H34ClN7. The summed E-state index contributed by atoms with van der Waals surface area (Å²) in [5, 5.41) is 13.1. The van der Waals surface area contributed by atoms with E-state index in [-0.39, 0.29) is 5.28 Å². The fourth-order valence-corrected chi connectivity index (χ4v) is 3.53. The third-order valence-electron chi connectivity index (χ3n) is 5.02. The Bertz CT molecular complexity index is 1270. The zero-order valence-corrected chi connectivity index (χ0v) is 23.4. The van der Waals surface area contributed by atoms with Gasteiger partial charge < -0.3 is 21.3 Å². The number of anilines is 8. The minimum absolute atomic E-state index is 0.0923. The maximum Gasteiger partial charge on any atom is 0.233 e. The van der Waals surface area contributed by atoms with Crippen molar-refractivity contribution in [2.45, 2.75) is 27.7 Å². The van der Waals surface area contributed by atoms with Crippen LogP contribution in [-0.2, 0) is 0 Å². The van der Waals surface area contributed by atoms with Crippen LogP contribution in [-0.4, -0.2) is 15.0 Å². The number of hydrogen-bond acceptors (Lipinski definition) is 7. The van der Waals surface area contributed by atoms with Gasteiger partial charge in [0.2, 0.25) is 17.2 Å². The fraction of sp³-hybridized carbons (Fsp3) is 0.129. The zero-order chi connectivity index (χ0) is 27.9. The van der Waals surface area contributed by atoms with Crippen LogP contribution in [0, 0.1) is 0 Å². The first-order valence-corrected chi connectivity index (χ1v) is 13.4. The molecular weight excluding hydrogens is 506 g/mol. The summed E-state index contributed by atoms with van der Waals surface area (Å²) in [7, 11) is 0. The van der Waals surface area contributed by atoms with Gasteiger partial charge >= 0.3 is 0 Å². The van der Waals surface area contributed by atoms with Gasteiger partial charge in [-0.25, -0.2) is 0 Å².